The van der Waals surface area contributed by atoms with Crippen LogP contribution in [0.1, 0.15) is 42.0 Å². The summed E-state index contributed by atoms with van der Waals surface area (Å²) < 4.78 is 5.88. The van der Waals surface area contributed by atoms with E-state index in [2.05, 4.69) is 25.1 Å². The number of rotatable bonds is 4. The lowest BCUT2D eigenvalue weighted by Crippen LogP contribution is -2.29. The maximum Gasteiger partial charge on any atom is 0.283 e. The molecule has 0 radical (unpaired) electrons. The second-order valence-corrected chi connectivity index (χ2v) is 8.64. The Morgan fingerprint density at radius 1 is 1.08 bits per heavy atom. The predicted molar refractivity (Wildman–Crippen MR) is 97.0 cm³/mol. The molecule has 0 bridgehead atoms. The summed E-state index contributed by atoms with van der Waals surface area (Å²) in [6.45, 7) is 3.00. The van der Waals surface area contributed by atoms with E-state index in [0.717, 1.165) is 35.9 Å². The summed E-state index contributed by atoms with van der Waals surface area (Å²) >= 11 is 3.27. The molecule has 130 valence electrons. The Hall–Kier alpha value is -1.51. The molecule has 0 N–H and O–H groups in total. The SMILES string of the molecule is c1nc(Sc2nnc(CN3CCCCC3)o2)c2c3c(sc2n1)CCC3. The Balaban J connectivity index is 1.38. The van der Waals surface area contributed by atoms with Crippen molar-refractivity contribution in [2.45, 2.75) is 55.3 Å². The van der Waals surface area contributed by atoms with Crippen molar-refractivity contribution < 1.29 is 4.42 Å². The third-order valence-corrected chi connectivity index (χ3v) is 6.95. The molecule has 1 fully saturated rings. The average Bonchev–Trinajstić information content (AvgIpc) is 3.32. The van der Waals surface area contributed by atoms with Crippen molar-refractivity contribution >= 4 is 33.3 Å². The summed E-state index contributed by atoms with van der Waals surface area (Å²) in [5.41, 5.74) is 1.43. The van der Waals surface area contributed by atoms with Crippen molar-refractivity contribution in [2.75, 3.05) is 13.1 Å². The monoisotopic (exact) mass is 373 g/mol. The van der Waals surface area contributed by atoms with Crippen LogP contribution in [-0.2, 0) is 19.4 Å². The molecule has 25 heavy (non-hydrogen) atoms. The minimum atomic E-state index is 0.574. The molecule has 2 aliphatic rings. The highest BCUT2D eigenvalue weighted by atomic mass is 32.2. The highest BCUT2D eigenvalue weighted by molar-refractivity contribution is 7.99. The van der Waals surface area contributed by atoms with Crippen molar-refractivity contribution in [1.82, 2.24) is 25.1 Å². The van der Waals surface area contributed by atoms with Crippen molar-refractivity contribution in [3.63, 3.8) is 0 Å². The van der Waals surface area contributed by atoms with E-state index in [9.17, 15) is 0 Å². The van der Waals surface area contributed by atoms with E-state index in [1.165, 1.54) is 59.7 Å². The van der Waals surface area contributed by atoms with Gasteiger partial charge >= 0.3 is 0 Å². The fraction of sp³-hybridized carbons (Fsp3) is 0.529. The summed E-state index contributed by atoms with van der Waals surface area (Å²) in [6, 6.07) is 0. The van der Waals surface area contributed by atoms with Crippen molar-refractivity contribution in [3.05, 3.63) is 22.7 Å². The lowest BCUT2D eigenvalue weighted by atomic mass is 10.1. The molecule has 1 saturated heterocycles. The Morgan fingerprint density at radius 3 is 2.92 bits per heavy atom. The Morgan fingerprint density at radius 2 is 2.00 bits per heavy atom. The van der Waals surface area contributed by atoms with Gasteiger partial charge in [-0.1, -0.05) is 6.42 Å². The molecule has 4 heterocycles. The van der Waals surface area contributed by atoms with Crippen LogP contribution >= 0.6 is 23.1 Å². The van der Waals surface area contributed by atoms with Gasteiger partial charge in [-0.25, -0.2) is 9.97 Å². The first kappa shape index (κ1) is 15.7. The molecule has 3 aromatic rings. The van der Waals surface area contributed by atoms with Gasteiger partial charge in [-0.15, -0.1) is 21.5 Å². The van der Waals surface area contributed by atoms with Gasteiger partial charge in [-0.05, 0) is 62.5 Å². The molecule has 3 aromatic heterocycles. The second-order valence-electron chi connectivity index (χ2n) is 6.62. The minimum Gasteiger partial charge on any atom is -0.414 e. The number of thiophene rings is 1. The number of aryl methyl sites for hydroxylation is 2. The first-order chi connectivity index (χ1) is 12.4. The molecule has 0 atom stereocenters. The van der Waals surface area contributed by atoms with Crippen LogP contribution in [0.2, 0.25) is 0 Å². The number of nitrogens with zero attached hydrogens (tertiary/aromatic N) is 5. The molecule has 8 heteroatoms. The Bertz CT molecular complexity index is 900. The lowest BCUT2D eigenvalue weighted by Gasteiger charge is -2.24. The van der Waals surface area contributed by atoms with Gasteiger partial charge in [0.25, 0.3) is 5.22 Å². The van der Waals surface area contributed by atoms with E-state index in [4.69, 9.17) is 4.42 Å². The zero-order valence-corrected chi connectivity index (χ0v) is 15.5. The summed E-state index contributed by atoms with van der Waals surface area (Å²) in [5, 5.41) is 11.2. The first-order valence-electron chi connectivity index (χ1n) is 8.84. The third-order valence-electron chi connectivity index (χ3n) is 4.91. The Labute approximate surface area is 154 Å². The van der Waals surface area contributed by atoms with Crippen molar-refractivity contribution in [2.24, 2.45) is 0 Å². The average molecular weight is 374 g/mol. The molecule has 0 unspecified atom stereocenters. The first-order valence-corrected chi connectivity index (χ1v) is 10.5. The van der Waals surface area contributed by atoms with Gasteiger partial charge in [0.05, 0.1) is 6.54 Å². The summed E-state index contributed by atoms with van der Waals surface area (Å²) in [6.07, 6.45) is 9.02. The van der Waals surface area contributed by atoms with Crippen LogP contribution in [0.25, 0.3) is 10.2 Å². The van der Waals surface area contributed by atoms with E-state index < -0.39 is 0 Å². The second kappa shape index (κ2) is 6.66. The molecular formula is C17H19N5OS2. The number of aromatic nitrogens is 4. The summed E-state index contributed by atoms with van der Waals surface area (Å²) in [4.78, 5) is 13.9. The van der Waals surface area contributed by atoms with Crippen LogP contribution in [0.4, 0.5) is 0 Å². The maximum absolute atomic E-state index is 5.88. The highest BCUT2D eigenvalue weighted by Gasteiger charge is 2.23. The van der Waals surface area contributed by atoms with E-state index in [1.54, 1.807) is 17.7 Å². The van der Waals surface area contributed by atoms with Crippen LogP contribution in [0.15, 0.2) is 21.0 Å². The van der Waals surface area contributed by atoms with Gasteiger partial charge < -0.3 is 4.42 Å². The lowest BCUT2D eigenvalue weighted by molar-refractivity contribution is 0.197. The predicted octanol–water partition coefficient (Wildman–Crippen LogP) is 3.70. The quantitative estimate of drug-likeness (QED) is 0.646. The van der Waals surface area contributed by atoms with E-state index in [0.29, 0.717) is 11.1 Å². The normalized spacial score (nSPS) is 18.1. The van der Waals surface area contributed by atoms with E-state index >= 15 is 0 Å². The van der Waals surface area contributed by atoms with Crippen LogP contribution in [0.3, 0.4) is 0 Å². The van der Waals surface area contributed by atoms with Crippen molar-refractivity contribution in [3.8, 4) is 0 Å². The van der Waals surface area contributed by atoms with E-state index in [-0.39, 0.29) is 0 Å². The minimum absolute atomic E-state index is 0.574. The number of hydrogen-bond acceptors (Lipinski definition) is 8. The number of hydrogen-bond donors (Lipinski definition) is 0. The molecule has 0 spiro atoms. The van der Waals surface area contributed by atoms with Gasteiger partial charge in [0, 0.05) is 10.3 Å². The highest BCUT2D eigenvalue weighted by Crippen LogP contribution is 2.41. The zero-order valence-electron chi connectivity index (χ0n) is 13.9. The van der Waals surface area contributed by atoms with Gasteiger partial charge in [-0.2, -0.15) is 0 Å². The largest absolute Gasteiger partial charge is 0.414 e. The molecule has 1 aliphatic carbocycles. The standard InChI is InChI=1S/C17H19N5OS2/c1-2-7-22(8-3-1)9-13-20-21-17(23-13)25-16-14-11-5-4-6-12(11)24-15(14)18-10-19-16/h10H,1-9H2. The topological polar surface area (TPSA) is 67.9 Å². The van der Waals surface area contributed by atoms with Gasteiger partial charge in [-0.3, -0.25) is 4.90 Å². The smallest absolute Gasteiger partial charge is 0.283 e. The fourth-order valence-electron chi connectivity index (χ4n) is 3.71. The van der Waals surface area contributed by atoms with Gasteiger partial charge in [0.15, 0.2) is 0 Å². The molecule has 0 amide bonds. The van der Waals surface area contributed by atoms with Crippen LogP contribution < -0.4 is 0 Å². The molecule has 6 nitrogen and oxygen atoms in total. The summed E-state index contributed by atoms with van der Waals surface area (Å²) in [5.74, 6) is 0.699. The Kier molecular flexibility index (Phi) is 4.19. The zero-order chi connectivity index (χ0) is 16.6. The van der Waals surface area contributed by atoms with Crippen LogP contribution in [0, 0.1) is 0 Å². The molecule has 0 aromatic carbocycles. The summed E-state index contributed by atoms with van der Waals surface area (Å²) in [7, 11) is 0. The molecule has 5 rings (SSSR count). The number of piperidine rings is 1. The van der Waals surface area contributed by atoms with E-state index in [1.807, 2.05) is 0 Å². The van der Waals surface area contributed by atoms with Crippen LogP contribution in [-0.4, -0.2) is 38.2 Å². The van der Waals surface area contributed by atoms with Gasteiger partial charge in [0.2, 0.25) is 5.89 Å². The fourth-order valence-corrected chi connectivity index (χ4v) is 5.81. The van der Waals surface area contributed by atoms with Crippen LogP contribution in [0.5, 0.6) is 0 Å². The van der Waals surface area contributed by atoms with Gasteiger partial charge in [0.1, 0.15) is 16.2 Å². The molecule has 0 saturated carbocycles. The maximum atomic E-state index is 5.88. The number of fused-ring (bicyclic) bond motifs is 3. The molecule has 1 aliphatic heterocycles. The number of likely N-dealkylation sites (tertiary alicyclic amines) is 1. The third kappa shape index (κ3) is 3.07. The van der Waals surface area contributed by atoms with Crippen molar-refractivity contribution in [1.29, 1.82) is 0 Å². The molecular weight excluding hydrogens is 354 g/mol.